The van der Waals surface area contributed by atoms with Gasteiger partial charge in [0, 0.05) is 6.54 Å². The summed E-state index contributed by atoms with van der Waals surface area (Å²) in [6.07, 6.45) is -0.0163. The second-order valence-electron chi connectivity index (χ2n) is 5.40. The van der Waals surface area contributed by atoms with Crippen LogP contribution in [0, 0.1) is 5.92 Å². The van der Waals surface area contributed by atoms with Crippen LogP contribution < -0.4 is 10.1 Å². The maximum absolute atomic E-state index is 11.7. The summed E-state index contributed by atoms with van der Waals surface area (Å²) in [4.78, 5) is 11.7. The SMILES string of the molecule is COC(=O)C(CC(C)C)NCC(O)c1ccc(OC)cc1. The van der Waals surface area contributed by atoms with Crippen LogP contribution in [0.5, 0.6) is 5.75 Å². The highest BCUT2D eigenvalue weighted by atomic mass is 16.5. The van der Waals surface area contributed by atoms with Gasteiger partial charge in [-0.25, -0.2) is 0 Å². The second-order valence-corrected chi connectivity index (χ2v) is 5.40. The maximum atomic E-state index is 11.7. The summed E-state index contributed by atoms with van der Waals surface area (Å²) in [6, 6.07) is 6.80. The predicted molar refractivity (Wildman–Crippen MR) is 81.2 cm³/mol. The fraction of sp³-hybridized carbons (Fsp3) is 0.562. The van der Waals surface area contributed by atoms with E-state index >= 15 is 0 Å². The Bertz CT molecular complexity index is 430. The third-order valence-corrected chi connectivity index (χ3v) is 3.25. The minimum atomic E-state index is -0.685. The van der Waals surface area contributed by atoms with Gasteiger partial charge in [-0.2, -0.15) is 0 Å². The lowest BCUT2D eigenvalue weighted by atomic mass is 10.0. The molecule has 5 heteroatoms. The van der Waals surface area contributed by atoms with Crippen LogP contribution in [0.25, 0.3) is 0 Å². The normalized spacial score (nSPS) is 13.8. The zero-order valence-electron chi connectivity index (χ0n) is 13.1. The number of esters is 1. The Labute approximate surface area is 126 Å². The van der Waals surface area contributed by atoms with Crippen LogP contribution in [0.2, 0.25) is 0 Å². The van der Waals surface area contributed by atoms with E-state index in [1.807, 2.05) is 13.8 Å². The van der Waals surface area contributed by atoms with Gasteiger partial charge in [-0.15, -0.1) is 0 Å². The maximum Gasteiger partial charge on any atom is 0.322 e. The molecule has 0 heterocycles. The van der Waals surface area contributed by atoms with Crippen molar-refractivity contribution in [1.29, 1.82) is 0 Å². The molecule has 0 aliphatic rings. The molecule has 2 atom stereocenters. The molecule has 0 fully saturated rings. The molecule has 2 unspecified atom stereocenters. The highest BCUT2D eigenvalue weighted by Crippen LogP contribution is 2.17. The highest BCUT2D eigenvalue weighted by Gasteiger charge is 2.21. The number of carbonyl (C=O) groups is 1. The van der Waals surface area contributed by atoms with Crippen LogP contribution in [0.3, 0.4) is 0 Å². The number of benzene rings is 1. The molecule has 1 aromatic carbocycles. The van der Waals surface area contributed by atoms with E-state index in [0.29, 0.717) is 18.9 Å². The number of rotatable bonds is 8. The van der Waals surface area contributed by atoms with E-state index in [4.69, 9.17) is 9.47 Å². The Morgan fingerprint density at radius 1 is 1.24 bits per heavy atom. The van der Waals surface area contributed by atoms with E-state index < -0.39 is 12.1 Å². The largest absolute Gasteiger partial charge is 0.497 e. The van der Waals surface area contributed by atoms with Crippen molar-refractivity contribution in [3.63, 3.8) is 0 Å². The Morgan fingerprint density at radius 3 is 2.33 bits per heavy atom. The smallest absolute Gasteiger partial charge is 0.322 e. The topological polar surface area (TPSA) is 67.8 Å². The summed E-state index contributed by atoms with van der Waals surface area (Å²) in [7, 11) is 2.97. The molecule has 0 saturated carbocycles. The first-order chi connectivity index (χ1) is 9.97. The van der Waals surface area contributed by atoms with Gasteiger partial charge in [-0.1, -0.05) is 26.0 Å². The molecule has 5 nitrogen and oxygen atoms in total. The van der Waals surface area contributed by atoms with Gasteiger partial charge in [-0.05, 0) is 30.0 Å². The lowest BCUT2D eigenvalue weighted by Crippen LogP contribution is -2.40. The summed E-state index contributed by atoms with van der Waals surface area (Å²) in [5.74, 6) is 0.802. The number of hydrogen-bond donors (Lipinski definition) is 2. The summed E-state index contributed by atoms with van der Waals surface area (Å²) in [5.41, 5.74) is 0.775. The van der Waals surface area contributed by atoms with E-state index in [-0.39, 0.29) is 5.97 Å². The van der Waals surface area contributed by atoms with Crippen molar-refractivity contribution in [2.24, 2.45) is 5.92 Å². The summed E-state index contributed by atoms with van der Waals surface area (Å²) in [6.45, 7) is 4.37. The lowest BCUT2D eigenvalue weighted by molar-refractivity contribution is -0.143. The quantitative estimate of drug-likeness (QED) is 0.717. The number of hydrogen-bond acceptors (Lipinski definition) is 5. The van der Waals surface area contributed by atoms with Gasteiger partial charge in [0.15, 0.2) is 0 Å². The molecular weight excluding hydrogens is 270 g/mol. The molecule has 0 aromatic heterocycles. The lowest BCUT2D eigenvalue weighted by Gasteiger charge is -2.20. The fourth-order valence-corrected chi connectivity index (χ4v) is 2.07. The van der Waals surface area contributed by atoms with Crippen molar-refractivity contribution in [3.8, 4) is 5.75 Å². The molecular formula is C16H25NO4. The minimum absolute atomic E-state index is 0.290. The van der Waals surface area contributed by atoms with Crippen LogP contribution >= 0.6 is 0 Å². The van der Waals surface area contributed by atoms with Crippen LogP contribution in [-0.4, -0.2) is 37.9 Å². The van der Waals surface area contributed by atoms with Crippen molar-refractivity contribution < 1.29 is 19.4 Å². The Kier molecular flexibility index (Phi) is 7.19. The zero-order chi connectivity index (χ0) is 15.8. The number of aliphatic hydroxyl groups excluding tert-OH is 1. The Hall–Kier alpha value is -1.59. The average molecular weight is 295 g/mol. The van der Waals surface area contributed by atoms with Gasteiger partial charge >= 0.3 is 5.97 Å². The number of methoxy groups -OCH3 is 2. The summed E-state index contributed by atoms with van der Waals surface area (Å²) < 4.78 is 9.86. The fourth-order valence-electron chi connectivity index (χ4n) is 2.07. The van der Waals surface area contributed by atoms with Crippen molar-refractivity contribution >= 4 is 5.97 Å². The number of nitrogens with one attached hydrogen (secondary N) is 1. The highest BCUT2D eigenvalue weighted by molar-refractivity contribution is 5.75. The van der Waals surface area contributed by atoms with Crippen molar-refractivity contribution in [2.45, 2.75) is 32.4 Å². The Balaban J connectivity index is 2.58. The molecule has 0 bridgehead atoms. The third-order valence-electron chi connectivity index (χ3n) is 3.25. The third kappa shape index (κ3) is 5.73. The molecule has 2 N–H and O–H groups in total. The van der Waals surface area contributed by atoms with Crippen molar-refractivity contribution in [3.05, 3.63) is 29.8 Å². The van der Waals surface area contributed by atoms with Gasteiger partial charge in [0.1, 0.15) is 11.8 Å². The zero-order valence-corrected chi connectivity index (χ0v) is 13.1. The van der Waals surface area contributed by atoms with E-state index in [0.717, 1.165) is 11.3 Å². The molecule has 1 rings (SSSR count). The monoisotopic (exact) mass is 295 g/mol. The minimum Gasteiger partial charge on any atom is -0.497 e. The molecule has 0 spiro atoms. The second kappa shape index (κ2) is 8.64. The number of ether oxygens (including phenoxy) is 2. The summed E-state index contributed by atoms with van der Waals surface area (Å²) >= 11 is 0. The first kappa shape index (κ1) is 17.5. The van der Waals surface area contributed by atoms with E-state index in [1.165, 1.54) is 7.11 Å². The first-order valence-electron chi connectivity index (χ1n) is 7.11. The van der Waals surface area contributed by atoms with Gasteiger partial charge in [-0.3, -0.25) is 4.79 Å². The van der Waals surface area contributed by atoms with E-state index in [2.05, 4.69) is 5.32 Å². The average Bonchev–Trinajstić information content (AvgIpc) is 2.50. The molecule has 0 saturated heterocycles. The summed E-state index contributed by atoms with van der Waals surface area (Å²) in [5, 5.41) is 13.2. The Morgan fingerprint density at radius 2 is 1.86 bits per heavy atom. The van der Waals surface area contributed by atoms with Gasteiger partial charge in [0.25, 0.3) is 0 Å². The standard InChI is InChI=1S/C16H25NO4/c1-11(2)9-14(16(19)21-4)17-10-15(18)12-5-7-13(20-3)8-6-12/h5-8,11,14-15,17-18H,9-10H2,1-4H3. The van der Waals surface area contributed by atoms with Crippen LogP contribution in [0.15, 0.2) is 24.3 Å². The van der Waals surface area contributed by atoms with E-state index in [9.17, 15) is 9.90 Å². The number of aliphatic hydroxyl groups is 1. The van der Waals surface area contributed by atoms with Crippen LogP contribution in [-0.2, 0) is 9.53 Å². The van der Waals surface area contributed by atoms with Gasteiger partial charge in [0.05, 0.1) is 20.3 Å². The van der Waals surface area contributed by atoms with Crippen molar-refractivity contribution in [1.82, 2.24) is 5.32 Å². The molecule has 118 valence electrons. The molecule has 21 heavy (non-hydrogen) atoms. The number of carbonyl (C=O) groups excluding carboxylic acids is 1. The predicted octanol–water partition coefficient (Wildman–Crippen LogP) is 1.91. The molecule has 1 aromatic rings. The molecule has 0 radical (unpaired) electrons. The molecule has 0 amide bonds. The van der Waals surface area contributed by atoms with Gasteiger partial charge in [0.2, 0.25) is 0 Å². The van der Waals surface area contributed by atoms with Crippen LogP contribution in [0.1, 0.15) is 31.9 Å². The molecule has 0 aliphatic heterocycles. The first-order valence-corrected chi connectivity index (χ1v) is 7.11. The van der Waals surface area contributed by atoms with Crippen LogP contribution in [0.4, 0.5) is 0 Å². The van der Waals surface area contributed by atoms with Crippen molar-refractivity contribution in [2.75, 3.05) is 20.8 Å². The van der Waals surface area contributed by atoms with Gasteiger partial charge < -0.3 is 19.9 Å². The van der Waals surface area contributed by atoms with E-state index in [1.54, 1.807) is 31.4 Å². The molecule has 0 aliphatic carbocycles.